The second-order valence-corrected chi connectivity index (χ2v) is 6.89. The first-order valence-electron chi connectivity index (χ1n) is 8.81. The Hall–Kier alpha value is -2.62. The molecule has 3 heterocycles. The second kappa shape index (κ2) is 6.36. The number of carbonyl (C=O) groups is 1. The van der Waals surface area contributed by atoms with E-state index in [-0.39, 0.29) is 11.9 Å². The number of aryl methyl sites for hydroxylation is 2. The fraction of sp³-hybridized carbons (Fsp3) is 0.333. The van der Waals surface area contributed by atoms with Crippen molar-refractivity contribution in [1.29, 1.82) is 0 Å². The van der Waals surface area contributed by atoms with Crippen molar-refractivity contribution in [2.45, 2.75) is 39.2 Å². The van der Waals surface area contributed by atoms with Gasteiger partial charge in [-0.25, -0.2) is 0 Å². The average molecular weight is 334 g/mol. The monoisotopic (exact) mass is 334 g/mol. The number of rotatable bonds is 3. The van der Waals surface area contributed by atoms with Crippen LogP contribution in [0.1, 0.15) is 41.3 Å². The molecule has 1 fully saturated rings. The van der Waals surface area contributed by atoms with E-state index in [1.54, 1.807) is 12.5 Å². The van der Waals surface area contributed by atoms with Crippen LogP contribution in [0.3, 0.4) is 0 Å². The zero-order valence-electron chi connectivity index (χ0n) is 14.7. The van der Waals surface area contributed by atoms with Crippen LogP contribution in [-0.2, 0) is 11.2 Å². The third kappa shape index (κ3) is 2.93. The van der Waals surface area contributed by atoms with E-state index in [2.05, 4.69) is 24.9 Å². The Kier molecular flexibility index (Phi) is 4.04. The fourth-order valence-electron chi connectivity index (χ4n) is 3.97. The summed E-state index contributed by atoms with van der Waals surface area (Å²) in [6.07, 6.45) is 5.91. The summed E-state index contributed by atoms with van der Waals surface area (Å²) >= 11 is 0. The standard InChI is InChI=1S/C21H22N2O2/c1-14-10-15(2)21-16(13-25-19(21)11-14)12-20(24)23-9-5-7-18(23)17-6-3-4-8-22-17/h3-4,6,8,10-11,13,18H,5,7,9,12H2,1-2H3. The van der Waals surface area contributed by atoms with Gasteiger partial charge < -0.3 is 9.32 Å². The lowest BCUT2D eigenvalue weighted by atomic mass is 10.0. The second-order valence-electron chi connectivity index (χ2n) is 6.89. The van der Waals surface area contributed by atoms with Crippen molar-refractivity contribution in [1.82, 2.24) is 9.88 Å². The molecule has 0 radical (unpaired) electrons. The number of pyridine rings is 1. The Balaban J connectivity index is 1.60. The first kappa shape index (κ1) is 15.9. The predicted molar refractivity (Wildman–Crippen MR) is 97.3 cm³/mol. The molecule has 4 nitrogen and oxygen atoms in total. The smallest absolute Gasteiger partial charge is 0.227 e. The van der Waals surface area contributed by atoms with Gasteiger partial charge in [-0.05, 0) is 56.0 Å². The predicted octanol–water partition coefficient (Wildman–Crippen LogP) is 4.35. The zero-order chi connectivity index (χ0) is 17.4. The van der Waals surface area contributed by atoms with Gasteiger partial charge in [0, 0.05) is 23.7 Å². The maximum absolute atomic E-state index is 13.0. The van der Waals surface area contributed by atoms with Gasteiger partial charge in [0.25, 0.3) is 0 Å². The molecule has 0 spiro atoms. The summed E-state index contributed by atoms with van der Waals surface area (Å²) in [5.74, 6) is 0.149. The van der Waals surface area contributed by atoms with Gasteiger partial charge in [-0.1, -0.05) is 12.1 Å². The van der Waals surface area contributed by atoms with Gasteiger partial charge in [0.15, 0.2) is 0 Å². The number of carbonyl (C=O) groups excluding carboxylic acids is 1. The summed E-state index contributed by atoms with van der Waals surface area (Å²) in [6, 6.07) is 10.2. The average Bonchev–Trinajstić information content (AvgIpc) is 3.23. The van der Waals surface area contributed by atoms with Gasteiger partial charge in [0.05, 0.1) is 24.4 Å². The minimum atomic E-state index is 0.0928. The van der Waals surface area contributed by atoms with E-state index in [4.69, 9.17) is 4.42 Å². The quantitative estimate of drug-likeness (QED) is 0.715. The molecule has 1 saturated heterocycles. The van der Waals surface area contributed by atoms with Gasteiger partial charge in [-0.15, -0.1) is 0 Å². The lowest BCUT2D eigenvalue weighted by molar-refractivity contribution is -0.131. The molecule has 1 aliphatic heterocycles. The molecule has 0 saturated carbocycles. The Morgan fingerprint density at radius 1 is 1.32 bits per heavy atom. The van der Waals surface area contributed by atoms with Crippen molar-refractivity contribution in [2.75, 3.05) is 6.54 Å². The first-order valence-corrected chi connectivity index (χ1v) is 8.81. The molecule has 1 amide bonds. The Bertz CT molecular complexity index is 914. The number of nitrogens with zero attached hydrogens (tertiary/aromatic N) is 2. The van der Waals surface area contributed by atoms with E-state index in [1.165, 1.54) is 5.56 Å². The largest absolute Gasteiger partial charge is 0.464 e. The highest BCUT2D eigenvalue weighted by molar-refractivity contribution is 5.90. The Labute approximate surface area is 147 Å². The molecule has 25 heavy (non-hydrogen) atoms. The summed E-state index contributed by atoms with van der Waals surface area (Å²) in [5.41, 5.74) is 5.16. The number of hydrogen-bond acceptors (Lipinski definition) is 3. The van der Waals surface area contributed by atoms with Crippen LogP contribution >= 0.6 is 0 Å². The van der Waals surface area contributed by atoms with E-state index in [0.717, 1.165) is 47.2 Å². The highest BCUT2D eigenvalue weighted by Crippen LogP contribution is 2.32. The molecular formula is C21H22N2O2. The minimum Gasteiger partial charge on any atom is -0.464 e. The van der Waals surface area contributed by atoms with E-state index < -0.39 is 0 Å². The summed E-state index contributed by atoms with van der Waals surface area (Å²) in [4.78, 5) is 19.4. The molecule has 4 rings (SSSR count). The van der Waals surface area contributed by atoms with Crippen molar-refractivity contribution >= 4 is 16.9 Å². The molecular weight excluding hydrogens is 312 g/mol. The van der Waals surface area contributed by atoms with Crippen LogP contribution in [0.15, 0.2) is 47.2 Å². The number of likely N-dealkylation sites (tertiary alicyclic amines) is 1. The summed E-state index contributed by atoms with van der Waals surface area (Å²) < 4.78 is 5.70. The van der Waals surface area contributed by atoms with Gasteiger partial charge in [0.2, 0.25) is 5.91 Å². The van der Waals surface area contributed by atoms with Gasteiger partial charge in [-0.2, -0.15) is 0 Å². The van der Waals surface area contributed by atoms with Crippen molar-refractivity contribution in [3.8, 4) is 0 Å². The number of amides is 1. The number of aromatic nitrogens is 1. The SMILES string of the molecule is Cc1cc(C)c2c(CC(=O)N3CCCC3c3ccccn3)coc2c1. The van der Waals surface area contributed by atoms with Crippen molar-refractivity contribution in [2.24, 2.45) is 0 Å². The topological polar surface area (TPSA) is 46.3 Å². The highest BCUT2D eigenvalue weighted by atomic mass is 16.3. The molecule has 1 unspecified atom stereocenters. The molecule has 128 valence electrons. The maximum atomic E-state index is 13.0. The van der Waals surface area contributed by atoms with Crippen LogP contribution in [0.2, 0.25) is 0 Å². The molecule has 1 aliphatic rings. The molecule has 4 heteroatoms. The fourth-order valence-corrected chi connectivity index (χ4v) is 3.97. The summed E-state index contributed by atoms with van der Waals surface area (Å²) in [7, 11) is 0. The highest BCUT2D eigenvalue weighted by Gasteiger charge is 2.31. The van der Waals surface area contributed by atoms with Gasteiger partial charge in [0.1, 0.15) is 5.58 Å². The minimum absolute atomic E-state index is 0.0928. The van der Waals surface area contributed by atoms with E-state index in [1.807, 2.05) is 29.2 Å². The van der Waals surface area contributed by atoms with Crippen molar-refractivity contribution in [3.05, 3.63) is 65.2 Å². The van der Waals surface area contributed by atoms with Gasteiger partial charge in [-0.3, -0.25) is 9.78 Å². The number of fused-ring (bicyclic) bond motifs is 1. The number of benzene rings is 1. The third-order valence-electron chi connectivity index (χ3n) is 5.04. The van der Waals surface area contributed by atoms with Crippen LogP contribution in [0.25, 0.3) is 11.0 Å². The molecule has 0 N–H and O–H groups in total. The summed E-state index contributed by atoms with van der Waals surface area (Å²) in [6.45, 7) is 4.93. The molecule has 1 atom stereocenters. The third-order valence-corrected chi connectivity index (χ3v) is 5.04. The lowest BCUT2D eigenvalue weighted by Crippen LogP contribution is -2.32. The Morgan fingerprint density at radius 2 is 2.20 bits per heavy atom. The van der Waals surface area contributed by atoms with Crippen molar-refractivity contribution in [3.63, 3.8) is 0 Å². The molecule has 2 aromatic heterocycles. The Morgan fingerprint density at radius 3 is 3.00 bits per heavy atom. The summed E-state index contributed by atoms with van der Waals surface area (Å²) in [5, 5.41) is 1.08. The van der Waals surface area contributed by atoms with Crippen LogP contribution < -0.4 is 0 Å². The van der Waals surface area contributed by atoms with E-state index >= 15 is 0 Å². The molecule has 0 bridgehead atoms. The van der Waals surface area contributed by atoms with Gasteiger partial charge >= 0.3 is 0 Å². The first-order chi connectivity index (χ1) is 12.1. The van der Waals surface area contributed by atoms with Crippen LogP contribution in [0, 0.1) is 13.8 Å². The number of hydrogen-bond donors (Lipinski definition) is 0. The number of furan rings is 1. The zero-order valence-corrected chi connectivity index (χ0v) is 14.7. The van der Waals surface area contributed by atoms with Crippen LogP contribution in [0.5, 0.6) is 0 Å². The van der Waals surface area contributed by atoms with Crippen LogP contribution in [-0.4, -0.2) is 22.3 Å². The molecule has 0 aliphatic carbocycles. The van der Waals surface area contributed by atoms with Crippen LogP contribution in [0.4, 0.5) is 0 Å². The molecule has 3 aromatic rings. The van der Waals surface area contributed by atoms with Crippen molar-refractivity contribution < 1.29 is 9.21 Å². The molecule has 1 aromatic carbocycles. The van der Waals surface area contributed by atoms with E-state index in [0.29, 0.717) is 6.42 Å². The normalized spacial score (nSPS) is 17.4. The lowest BCUT2D eigenvalue weighted by Gasteiger charge is -2.24. The van der Waals surface area contributed by atoms with E-state index in [9.17, 15) is 4.79 Å². The maximum Gasteiger partial charge on any atom is 0.227 e.